The van der Waals surface area contributed by atoms with Crippen LogP contribution in [0, 0.1) is 0 Å². The van der Waals surface area contributed by atoms with Gasteiger partial charge in [0.15, 0.2) is 5.60 Å². The molecule has 1 aliphatic rings. The first-order valence-corrected chi connectivity index (χ1v) is 8.25. The minimum Gasteiger partial charge on any atom is -0.379 e. The molecule has 0 bridgehead atoms. The molecule has 0 saturated carbocycles. The number of hydrogen-bond acceptors (Lipinski definition) is 3. The third-order valence-corrected chi connectivity index (χ3v) is 4.51. The molecule has 0 aliphatic carbocycles. The molecule has 4 rings (SSSR count). The van der Waals surface area contributed by atoms with Gasteiger partial charge in [-0.1, -0.05) is 96.2 Å². The Kier molecular flexibility index (Phi) is 3.90. The van der Waals surface area contributed by atoms with E-state index in [1.807, 2.05) is 78.9 Å². The van der Waals surface area contributed by atoms with Crippen molar-refractivity contribution in [2.24, 2.45) is 5.16 Å². The van der Waals surface area contributed by atoms with Gasteiger partial charge in [-0.15, -0.1) is 0 Å². The van der Waals surface area contributed by atoms with Crippen molar-refractivity contribution >= 4 is 11.5 Å². The van der Waals surface area contributed by atoms with Crippen LogP contribution in [0.2, 0.25) is 0 Å². The smallest absolute Gasteiger partial charge is 0.210 e. The molecule has 0 atom stereocenters. The summed E-state index contributed by atoms with van der Waals surface area (Å²) >= 11 is 0. The fraction of sp³-hybridized carbons (Fsp3) is 0.0909. The molecule has 0 amide bonds. The third-order valence-electron chi connectivity index (χ3n) is 4.51. The minimum absolute atomic E-state index is 0.0886. The maximum atomic E-state index is 12.8. The van der Waals surface area contributed by atoms with E-state index in [2.05, 4.69) is 5.16 Å². The summed E-state index contributed by atoms with van der Waals surface area (Å²) in [5, 5.41) is 4.19. The maximum Gasteiger partial charge on any atom is 0.210 e. The van der Waals surface area contributed by atoms with Crippen molar-refractivity contribution in [2.75, 3.05) is 0 Å². The molecule has 0 saturated heterocycles. The van der Waals surface area contributed by atoms with Gasteiger partial charge in [0.05, 0.1) is 0 Å². The molecule has 0 radical (unpaired) electrons. The molecular weight excluding hydrogens is 310 g/mol. The van der Waals surface area contributed by atoms with Gasteiger partial charge in [-0.25, -0.2) is 0 Å². The summed E-state index contributed by atoms with van der Waals surface area (Å²) < 4.78 is 0. The Morgan fingerprint density at radius 1 is 0.760 bits per heavy atom. The van der Waals surface area contributed by atoms with E-state index in [1.165, 1.54) is 0 Å². The van der Waals surface area contributed by atoms with Crippen molar-refractivity contribution in [3.05, 3.63) is 108 Å². The molecule has 0 unspecified atom stereocenters. The summed E-state index contributed by atoms with van der Waals surface area (Å²) in [6, 6.07) is 29.1. The van der Waals surface area contributed by atoms with Crippen LogP contribution in [0.4, 0.5) is 0 Å². The van der Waals surface area contributed by atoms with Crippen LogP contribution in [0.15, 0.2) is 96.2 Å². The number of ketones is 1. The van der Waals surface area contributed by atoms with Gasteiger partial charge in [-0.05, 0) is 0 Å². The van der Waals surface area contributed by atoms with E-state index in [9.17, 15) is 4.79 Å². The highest BCUT2D eigenvalue weighted by Gasteiger charge is 2.44. The molecule has 0 fully saturated rings. The molecule has 0 aromatic heterocycles. The Balaban J connectivity index is 1.73. The van der Waals surface area contributed by atoms with Gasteiger partial charge in [-0.2, -0.15) is 0 Å². The minimum atomic E-state index is -0.762. The topological polar surface area (TPSA) is 38.7 Å². The molecule has 3 aromatic rings. The number of benzene rings is 3. The molecular formula is C22H17NO2. The van der Waals surface area contributed by atoms with Crippen LogP contribution in [0.1, 0.15) is 27.9 Å². The van der Waals surface area contributed by atoms with Gasteiger partial charge >= 0.3 is 0 Å². The van der Waals surface area contributed by atoms with E-state index >= 15 is 0 Å². The van der Waals surface area contributed by atoms with Crippen LogP contribution in [0.3, 0.4) is 0 Å². The zero-order valence-electron chi connectivity index (χ0n) is 13.6. The first-order valence-electron chi connectivity index (χ1n) is 8.25. The van der Waals surface area contributed by atoms with E-state index in [4.69, 9.17) is 4.84 Å². The number of oxime groups is 1. The van der Waals surface area contributed by atoms with Gasteiger partial charge in [0.2, 0.25) is 5.78 Å². The van der Waals surface area contributed by atoms with Crippen molar-refractivity contribution in [2.45, 2.75) is 12.0 Å². The quantitative estimate of drug-likeness (QED) is 0.657. The highest BCUT2D eigenvalue weighted by molar-refractivity contribution is 6.46. The number of hydrogen-bond donors (Lipinski definition) is 0. The second kappa shape index (κ2) is 6.36. The fourth-order valence-corrected chi connectivity index (χ4v) is 3.20. The predicted molar refractivity (Wildman–Crippen MR) is 97.6 cm³/mol. The third kappa shape index (κ3) is 2.74. The van der Waals surface area contributed by atoms with Crippen molar-refractivity contribution in [3.63, 3.8) is 0 Å². The van der Waals surface area contributed by atoms with Crippen LogP contribution in [-0.2, 0) is 10.4 Å². The van der Waals surface area contributed by atoms with E-state index in [0.29, 0.717) is 17.7 Å². The second-order valence-electron chi connectivity index (χ2n) is 6.06. The van der Waals surface area contributed by atoms with Crippen molar-refractivity contribution in [3.8, 4) is 0 Å². The standard InChI is InChI=1S/C22H17NO2/c24-21(17-10-4-1-5-11-17)20-16-22(25-23-20,18-12-6-2-7-13-18)19-14-8-3-9-15-19/h1-15H,16H2. The number of nitrogens with zero attached hydrogens (tertiary/aromatic N) is 1. The molecule has 122 valence electrons. The van der Waals surface area contributed by atoms with Crippen molar-refractivity contribution in [1.82, 2.24) is 0 Å². The summed E-state index contributed by atoms with van der Waals surface area (Å²) in [6.45, 7) is 0. The Morgan fingerprint density at radius 2 is 1.24 bits per heavy atom. The number of Topliss-reactive ketones (excluding diaryl/α,β-unsaturated/α-hetero) is 1. The Hall–Kier alpha value is -3.20. The fourth-order valence-electron chi connectivity index (χ4n) is 3.20. The SMILES string of the molecule is O=C(C1=NOC(c2ccccc2)(c2ccccc2)C1)c1ccccc1. The molecule has 3 nitrogen and oxygen atoms in total. The van der Waals surface area contributed by atoms with Crippen LogP contribution in [0.25, 0.3) is 0 Å². The first-order chi connectivity index (χ1) is 12.3. The molecule has 3 aromatic carbocycles. The highest BCUT2D eigenvalue weighted by Crippen LogP contribution is 2.41. The summed E-state index contributed by atoms with van der Waals surface area (Å²) in [5.41, 5.74) is 2.28. The monoisotopic (exact) mass is 327 g/mol. The largest absolute Gasteiger partial charge is 0.379 e. The first kappa shape index (κ1) is 15.3. The lowest BCUT2D eigenvalue weighted by Gasteiger charge is -2.27. The van der Waals surface area contributed by atoms with Gasteiger partial charge < -0.3 is 4.84 Å². The molecule has 1 aliphatic heterocycles. The lowest BCUT2D eigenvalue weighted by atomic mass is 9.81. The summed E-state index contributed by atoms with van der Waals surface area (Å²) in [6.07, 6.45) is 0.411. The zero-order chi connectivity index (χ0) is 17.1. The molecule has 1 heterocycles. The average Bonchev–Trinajstić information content (AvgIpc) is 3.16. The Morgan fingerprint density at radius 3 is 1.76 bits per heavy atom. The molecule has 0 spiro atoms. The molecule has 25 heavy (non-hydrogen) atoms. The highest BCUT2D eigenvalue weighted by atomic mass is 16.7. The van der Waals surface area contributed by atoms with Crippen molar-refractivity contribution in [1.29, 1.82) is 0 Å². The average molecular weight is 327 g/mol. The van der Waals surface area contributed by atoms with E-state index in [0.717, 1.165) is 11.1 Å². The summed E-state index contributed by atoms with van der Waals surface area (Å²) in [7, 11) is 0. The lowest BCUT2D eigenvalue weighted by Crippen LogP contribution is -2.29. The van der Waals surface area contributed by atoms with E-state index in [-0.39, 0.29) is 5.78 Å². The number of carbonyl (C=O) groups is 1. The maximum absolute atomic E-state index is 12.8. The van der Waals surface area contributed by atoms with Crippen LogP contribution in [-0.4, -0.2) is 11.5 Å². The lowest BCUT2D eigenvalue weighted by molar-refractivity contribution is 0.0112. The number of carbonyl (C=O) groups excluding carboxylic acids is 1. The second-order valence-corrected chi connectivity index (χ2v) is 6.06. The van der Waals surface area contributed by atoms with Gasteiger partial charge in [0.1, 0.15) is 5.71 Å². The van der Waals surface area contributed by atoms with E-state index in [1.54, 1.807) is 12.1 Å². The van der Waals surface area contributed by atoms with Crippen molar-refractivity contribution < 1.29 is 9.63 Å². The zero-order valence-corrected chi connectivity index (χ0v) is 13.6. The van der Waals surface area contributed by atoms with Gasteiger partial charge in [0.25, 0.3) is 0 Å². The van der Waals surface area contributed by atoms with Gasteiger partial charge in [0, 0.05) is 23.1 Å². The van der Waals surface area contributed by atoms with Crippen LogP contribution in [0.5, 0.6) is 0 Å². The number of rotatable bonds is 4. The van der Waals surface area contributed by atoms with Crippen LogP contribution < -0.4 is 0 Å². The normalized spacial score (nSPS) is 15.3. The van der Waals surface area contributed by atoms with Crippen LogP contribution >= 0.6 is 0 Å². The Labute approximate surface area is 146 Å². The molecule has 0 N–H and O–H groups in total. The predicted octanol–water partition coefficient (Wildman–Crippen LogP) is 4.59. The summed E-state index contributed by atoms with van der Waals surface area (Å²) in [5.74, 6) is -0.0886. The molecule has 3 heteroatoms. The van der Waals surface area contributed by atoms with Gasteiger partial charge in [-0.3, -0.25) is 4.79 Å². The summed E-state index contributed by atoms with van der Waals surface area (Å²) in [4.78, 5) is 18.7. The van der Waals surface area contributed by atoms with E-state index < -0.39 is 5.60 Å². The Bertz CT molecular complexity index is 863.